The number of pyridine rings is 1. The van der Waals surface area contributed by atoms with Gasteiger partial charge in [-0.2, -0.15) is 0 Å². The van der Waals surface area contributed by atoms with Crippen molar-refractivity contribution in [3.05, 3.63) is 41.4 Å². The third kappa shape index (κ3) is 2.06. The maximum absolute atomic E-state index is 6.23. The van der Waals surface area contributed by atoms with E-state index in [0.29, 0.717) is 17.3 Å². The number of halogens is 1. The van der Waals surface area contributed by atoms with E-state index in [1.54, 1.807) is 0 Å². The van der Waals surface area contributed by atoms with Gasteiger partial charge in [0.15, 0.2) is 0 Å². The molecule has 3 rings (SSSR count). The van der Waals surface area contributed by atoms with Crippen molar-refractivity contribution < 1.29 is 4.74 Å². The summed E-state index contributed by atoms with van der Waals surface area (Å²) in [6, 6.07) is 11.3. The minimum atomic E-state index is 0.627. The lowest BCUT2D eigenvalue weighted by atomic mass is 10.1. The van der Waals surface area contributed by atoms with Crippen molar-refractivity contribution in [1.29, 1.82) is 0 Å². The van der Waals surface area contributed by atoms with Gasteiger partial charge in [0.2, 0.25) is 0 Å². The number of anilines is 1. The van der Waals surface area contributed by atoms with Crippen molar-refractivity contribution in [1.82, 2.24) is 4.98 Å². The summed E-state index contributed by atoms with van der Waals surface area (Å²) in [4.78, 5) is 4.58. The van der Waals surface area contributed by atoms with Gasteiger partial charge in [0.25, 0.3) is 0 Å². The van der Waals surface area contributed by atoms with Crippen LogP contribution < -0.4 is 10.5 Å². The maximum atomic E-state index is 6.23. The molecule has 0 unspecified atom stereocenters. The second-order valence-corrected chi connectivity index (χ2v) is 4.74. The number of nitrogens with zero attached hydrogens (tertiary/aromatic N) is 1. The van der Waals surface area contributed by atoms with Gasteiger partial charge in [-0.25, -0.2) is 4.98 Å². The summed E-state index contributed by atoms with van der Waals surface area (Å²) in [5.41, 5.74) is 8.59. The Hall–Kier alpha value is -2.00. The summed E-state index contributed by atoms with van der Waals surface area (Å²) >= 11 is 5.99. The first-order valence-electron chi connectivity index (χ1n) is 6.10. The van der Waals surface area contributed by atoms with Crippen LogP contribution >= 0.6 is 11.6 Å². The van der Waals surface area contributed by atoms with Crippen LogP contribution in [0, 0.1) is 0 Å². The highest BCUT2D eigenvalue weighted by molar-refractivity contribution is 6.31. The Morgan fingerprint density at radius 2 is 1.95 bits per heavy atom. The van der Waals surface area contributed by atoms with Gasteiger partial charge in [-0.3, -0.25) is 0 Å². The molecule has 19 heavy (non-hydrogen) atoms. The predicted octanol–water partition coefficient (Wildman–Crippen LogP) is 4.02. The Morgan fingerprint density at radius 3 is 2.74 bits per heavy atom. The second kappa shape index (κ2) is 4.59. The van der Waals surface area contributed by atoms with Gasteiger partial charge in [0.05, 0.1) is 23.3 Å². The van der Waals surface area contributed by atoms with Gasteiger partial charge in [-0.1, -0.05) is 11.6 Å². The van der Waals surface area contributed by atoms with Crippen molar-refractivity contribution >= 4 is 39.1 Å². The molecule has 0 aliphatic heterocycles. The molecule has 0 bridgehead atoms. The molecule has 0 amide bonds. The van der Waals surface area contributed by atoms with Crippen molar-refractivity contribution in [2.24, 2.45) is 0 Å². The Bertz CT molecular complexity index is 771. The quantitative estimate of drug-likeness (QED) is 0.717. The molecule has 0 saturated heterocycles. The Labute approximate surface area is 116 Å². The van der Waals surface area contributed by atoms with E-state index in [2.05, 4.69) is 4.98 Å². The first-order chi connectivity index (χ1) is 9.19. The Morgan fingerprint density at radius 1 is 1.11 bits per heavy atom. The number of hydrogen-bond donors (Lipinski definition) is 1. The average Bonchev–Trinajstić information content (AvgIpc) is 2.40. The van der Waals surface area contributed by atoms with E-state index in [1.165, 1.54) is 0 Å². The Kier molecular flexibility index (Phi) is 2.91. The van der Waals surface area contributed by atoms with Crippen molar-refractivity contribution in [3.63, 3.8) is 0 Å². The van der Waals surface area contributed by atoms with Crippen LogP contribution in [0.2, 0.25) is 5.02 Å². The van der Waals surface area contributed by atoms with E-state index in [0.717, 1.165) is 27.6 Å². The zero-order valence-electron chi connectivity index (χ0n) is 10.5. The Balaban J connectivity index is 2.33. The van der Waals surface area contributed by atoms with E-state index in [1.807, 2.05) is 43.3 Å². The first kappa shape index (κ1) is 12.1. The summed E-state index contributed by atoms with van der Waals surface area (Å²) in [5.74, 6) is 0.803. The lowest BCUT2D eigenvalue weighted by Gasteiger charge is -2.09. The van der Waals surface area contributed by atoms with Crippen molar-refractivity contribution in [3.8, 4) is 5.75 Å². The van der Waals surface area contributed by atoms with E-state index >= 15 is 0 Å². The monoisotopic (exact) mass is 272 g/mol. The minimum absolute atomic E-state index is 0.627. The van der Waals surface area contributed by atoms with Gasteiger partial charge in [0.1, 0.15) is 5.75 Å². The van der Waals surface area contributed by atoms with E-state index in [-0.39, 0.29) is 0 Å². The van der Waals surface area contributed by atoms with E-state index in [9.17, 15) is 0 Å². The van der Waals surface area contributed by atoms with Gasteiger partial charge in [0, 0.05) is 15.8 Å². The van der Waals surface area contributed by atoms with Crippen LogP contribution in [0.25, 0.3) is 21.8 Å². The van der Waals surface area contributed by atoms with Crippen LogP contribution in [0.1, 0.15) is 6.92 Å². The molecule has 0 aliphatic rings. The molecule has 0 aliphatic carbocycles. The highest BCUT2D eigenvalue weighted by Crippen LogP contribution is 2.31. The third-order valence-electron chi connectivity index (χ3n) is 3.06. The number of aromatic nitrogens is 1. The molecule has 0 atom stereocenters. The van der Waals surface area contributed by atoms with Crippen molar-refractivity contribution in [2.45, 2.75) is 6.92 Å². The van der Waals surface area contributed by atoms with Gasteiger partial charge >= 0.3 is 0 Å². The number of hydrogen-bond acceptors (Lipinski definition) is 3. The van der Waals surface area contributed by atoms with Gasteiger partial charge in [-0.15, -0.1) is 0 Å². The molecule has 1 aromatic heterocycles. The smallest absolute Gasteiger partial charge is 0.120 e. The molecule has 1 heterocycles. The van der Waals surface area contributed by atoms with Crippen LogP contribution in [-0.2, 0) is 0 Å². The van der Waals surface area contributed by atoms with Crippen LogP contribution in [0.3, 0.4) is 0 Å². The fourth-order valence-electron chi connectivity index (χ4n) is 2.18. The molecule has 0 saturated carbocycles. The summed E-state index contributed by atoms with van der Waals surface area (Å²) in [6.07, 6.45) is 0. The lowest BCUT2D eigenvalue weighted by molar-refractivity contribution is 0.341. The normalized spacial score (nSPS) is 11.1. The maximum Gasteiger partial charge on any atom is 0.120 e. The molecule has 3 aromatic rings. The number of fused-ring (bicyclic) bond motifs is 2. The molecular weight excluding hydrogens is 260 g/mol. The van der Waals surface area contributed by atoms with E-state index < -0.39 is 0 Å². The van der Waals surface area contributed by atoms with Crippen molar-refractivity contribution in [2.75, 3.05) is 12.3 Å². The molecule has 0 spiro atoms. The second-order valence-electron chi connectivity index (χ2n) is 4.30. The number of benzene rings is 2. The average molecular weight is 273 g/mol. The van der Waals surface area contributed by atoms with Crippen LogP contribution in [0.15, 0.2) is 36.4 Å². The SMILES string of the molecule is CCOc1ccc2nc3cc(Cl)ccc3c(N)c2c1. The molecule has 0 fully saturated rings. The number of ether oxygens (including phenoxy) is 1. The fourth-order valence-corrected chi connectivity index (χ4v) is 2.35. The molecule has 2 aromatic carbocycles. The lowest BCUT2D eigenvalue weighted by Crippen LogP contribution is -1.95. The zero-order chi connectivity index (χ0) is 13.4. The van der Waals surface area contributed by atoms with Gasteiger partial charge < -0.3 is 10.5 Å². The largest absolute Gasteiger partial charge is 0.494 e. The molecule has 2 N–H and O–H groups in total. The van der Waals surface area contributed by atoms with Crippen LogP contribution in [0.5, 0.6) is 5.75 Å². The number of nitrogen functional groups attached to an aromatic ring is 1. The molecule has 96 valence electrons. The first-order valence-corrected chi connectivity index (χ1v) is 6.48. The number of nitrogens with two attached hydrogens (primary N) is 1. The molecular formula is C15H13ClN2O. The summed E-state index contributed by atoms with van der Waals surface area (Å²) in [5, 5.41) is 2.47. The topological polar surface area (TPSA) is 48.1 Å². The molecule has 4 heteroatoms. The van der Waals surface area contributed by atoms with Gasteiger partial charge in [-0.05, 0) is 43.3 Å². The van der Waals surface area contributed by atoms with Crippen LogP contribution in [-0.4, -0.2) is 11.6 Å². The predicted molar refractivity (Wildman–Crippen MR) is 79.8 cm³/mol. The zero-order valence-corrected chi connectivity index (χ0v) is 11.2. The van der Waals surface area contributed by atoms with E-state index in [4.69, 9.17) is 22.1 Å². The number of rotatable bonds is 2. The fraction of sp³-hybridized carbons (Fsp3) is 0.133. The molecule has 0 radical (unpaired) electrons. The summed E-state index contributed by atoms with van der Waals surface area (Å²) in [7, 11) is 0. The summed E-state index contributed by atoms with van der Waals surface area (Å²) < 4.78 is 5.50. The summed E-state index contributed by atoms with van der Waals surface area (Å²) in [6.45, 7) is 2.58. The standard InChI is InChI=1S/C15H13ClN2O/c1-2-19-10-4-6-13-12(8-10)15(17)11-5-3-9(16)7-14(11)18-13/h3-8H,2H2,1H3,(H2,17,18). The minimum Gasteiger partial charge on any atom is -0.494 e. The third-order valence-corrected chi connectivity index (χ3v) is 3.30. The van der Waals surface area contributed by atoms with Crippen LogP contribution in [0.4, 0.5) is 5.69 Å². The molecule has 3 nitrogen and oxygen atoms in total. The highest BCUT2D eigenvalue weighted by Gasteiger charge is 2.08. The highest BCUT2D eigenvalue weighted by atomic mass is 35.5.